The Morgan fingerprint density at radius 2 is 1.91 bits per heavy atom. The van der Waals surface area contributed by atoms with E-state index in [0.29, 0.717) is 22.5 Å². The van der Waals surface area contributed by atoms with Crippen molar-refractivity contribution in [3.8, 4) is 0 Å². The number of aromatic nitrogens is 2. The molecule has 3 N–H and O–H groups in total. The standard InChI is InChI=1S/C15H19N3O4S/c1-8-5-6-9(2)12(7-8)23(21,22)18-14(15(19)20)13-10(3)16-17-11(13)4/h5-7,14,18H,1-4H3,(H,16,17)(H,19,20)/t14-/m0/s1. The van der Waals surface area contributed by atoms with Crippen LogP contribution < -0.4 is 4.72 Å². The molecule has 124 valence electrons. The number of aliphatic carboxylic acids is 1. The first-order valence-corrected chi connectivity index (χ1v) is 8.45. The van der Waals surface area contributed by atoms with Gasteiger partial charge in [-0.3, -0.25) is 9.89 Å². The van der Waals surface area contributed by atoms with E-state index in [-0.39, 0.29) is 4.90 Å². The highest BCUT2D eigenvalue weighted by molar-refractivity contribution is 7.89. The third-order valence-corrected chi connectivity index (χ3v) is 5.19. The van der Waals surface area contributed by atoms with Crippen LogP contribution in [-0.2, 0) is 14.8 Å². The minimum atomic E-state index is -3.99. The van der Waals surface area contributed by atoms with E-state index >= 15 is 0 Å². The van der Waals surface area contributed by atoms with Crippen LogP contribution in [0.15, 0.2) is 23.1 Å². The maximum atomic E-state index is 12.6. The van der Waals surface area contributed by atoms with Gasteiger partial charge in [0, 0.05) is 11.3 Å². The molecule has 0 radical (unpaired) electrons. The zero-order valence-corrected chi connectivity index (χ0v) is 14.2. The molecule has 1 heterocycles. The number of nitrogens with one attached hydrogen (secondary N) is 2. The third-order valence-electron chi connectivity index (χ3n) is 3.63. The quantitative estimate of drug-likeness (QED) is 0.769. The molecule has 0 aliphatic carbocycles. The fourth-order valence-corrected chi connectivity index (χ4v) is 3.92. The van der Waals surface area contributed by atoms with Crippen LogP contribution in [0.4, 0.5) is 0 Å². The molecule has 1 atom stereocenters. The summed E-state index contributed by atoms with van der Waals surface area (Å²) in [5.41, 5.74) is 2.61. The van der Waals surface area contributed by atoms with Crippen molar-refractivity contribution in [3.05, 3.63) is 46.3 Å². The van der Waals surface area contributed by atoms with Gasteiger partial charge in [0.2, 0.25) is 10.0 Å². The van der Waals surface area contributed by atoms with Gasteiger partial charge in [-0.25, -0.2) is 8.42 Å². The molecule has 8 heteroatoms. The number of aryl methyl sites for hydroxylation is 4. The zero-order valence-electron chi connectivity index (χ0n) is 13.3. The maximum absolute atomic E-state index is 12.6. The fraction of sp³-hybridized carbons (Fsp3) is 0.333. The Morgan fingerprint density at radius 3 is 2.43 bits per heavy atom. The highest BCUT2D eigenvalue weighted by Crippen LogP contribution is 2.24. The monoisotopic (exact) mass is 337 g/mol. The molecule has 1 aromatic carbocycles. The first-order chi connectivity index (χ1) is 10.6. The van der Waals surface area contributed by atoms with Crippen LogP contribution in [0, 0.1) is 27.7 Å². The van der Waals surface area contributed by atoms with Gasteiger partial charge in [0.1, 0.15) is 6.04 Å². The van der Waals surface area contributed by atoms with Crippen LogP contribution in [-0.4, -0.2) is 29.7 Å². The average Bonchev–Trinajstić information content (AvgIpc) is 2.78. The number of carboxylic acid groups (broad SMARTS) is 1. The van der Waals surface area contributed by atoms with Crippen LogP contribution in [0.3, 0.4) is 0 Å². The van der Waals surface area contributed by atoms with Gasteiger partial charge in [0.05, 0.1) is 10.6 Å². The van der Waals surface area contributed by atoms with Crippen LogP contribution in [0.25, 0.3) is 0 Å². The predicted octanol–water partition coefficient (Wildman–Crippen LogP) is 1.75. The molecule has 23 heavy (non-hydrogen) atoms. The summed E-state index contributed by atoms with van der Waals surface area (Å²) in [6.07, 6.45) is 0. The number of sulfonamides is 1. The number of nitrogens with zero attached hydrogens (tertiary/aromatic N) is 1. The Labute approximate surface area is 134 Å². The molecular weight excluding hydrogens is 318 g/mol. The Bertz CT molecular complexity index is 836. The van der Waals surface area contributed by atoms with Crippen LogP contribution in [0.2, 0.25) is 0 Å². The minimum absolute atomic E-state index is 0.0718. The Morgan fingerprint density at radius 1 is 1.26 bits per heavy atom. The van der Waals surface area contributed by atoms with Gasteiger partial charge in [-0.15, -0.1) is 0 Å². The molecule has 1 aromatic heterocycles. The summed E-state index contributed by atoms with van der Waals surface area (Å²) in [5.74, 6) is -1.29. The van der Waals surface area contributed by atoms with Crippen molar-refractivity contribution >= 4 is 16.0 Å². The second-order valence-corrected chi connectivity index (χ2v) is 7.19. The van der Waals surface area contributed by atoms with E-state index in [1.807, 2.05) is 0 Å². The number of H-pyrrole nitrogens is 1. The summed E-state index contributed by atoms with van der Waals surface area (Å²) < 4.78 is 27.5. The predicted molar refractivity (Wildman–Crippen MR) is 84.7 cm³/mol. The second kappa shape index (κ2) is 6.13. The van der Waals surface area contributed by atoms with Crippen molar-refractivity contribution in [2.75, 3.05) is 0 Å². The lowest BCUT2D eigenvalue weighted by Gasteiger charge is -2.17. The van der Waals surface area contributed by atoms with E-state index in [9.17, 15) is 18.3 Å². The molecule has 0 bridgehead atoms. The van der Waals surface area contributed by atoms with E-state index in [1.54, 1.807) is 39.8 Å². The minimum Gasteiger partial charge on any atom is -0.480 e. The number of rotatable bonds is 5. The summed E-state index contributed by atoms with van der Waals surface area (Å²) in [7, 11) is -3.99. The first-order valence-electron chi connectivity index (χ1n) is 6.97. The highest BCUT2D eigenvalue weighted by atomic mass is 32.2. The third kappa shape index (κ3) is 3.43. The van der Waals surface area contributed by atoms with E-state index in [0.717, 1.165) is 5.56 Å². The molecule has 7 nitrogen and oxygen atoms in total. The number of hydrogen-bond donors (Lipinski definition) is 3. The number of benzene rings is 1. The summed E-state index contributed by atoms with van der Waals surface area (Å²) in [4.78, 5) is 11.7. The van der Waals surface area contributed by atoms with Gasteiger partial charge in [0.25, 0.3) is 0 Å². The summed E-state index contributed by atoms with van der Waals surface area (Å²) >= 11 is 0. The van der Waals surface area contributed by atoms with Crippen LogP contribution >= 0.6 is 0 Å². The van der Waals surface area contributed by atoms with Crippen molar-refractivity contribution in [3.63, 3.8) is 0 Å². The van der Waals surface area contributed by atoms with Gasteiger partial charge in [0.15, 0.2) is 0 Å². The van der Waals surface area contributed by atoms with Gasteiger partial charge in [-0.2, -0.15) is 9.82 Å². The highest BCUT2D eigenvalue weighted by Gasteiger charge is 2.31. The molecule has 0 amide bonds. The molecule has 0 aliphatic rings. The number of aromatic amines is 1. The molecule has 0 spiro atoms. The first kappa shape index (κ1) is 17.2. The smallest absolute Gasteiger partial charge is 0.326 e. The van der Waals surface area contributed by atoms with E-state index in [1.165, 1.54) is 6.07 Å². The molecule has 0 unspecified atom stereocenters. The second-order valence-electron chi connectivity index (χ2n) is 5.51. The van der Waals surface area contributed by atoms with Gasteiger partial charge in [-0.1, -0.05) is 12.1 Å². The van der Waals surface area contributed by atoms with E-state index in [4.69, 9.17) is 0 Å². The molecule has 0 fully saturated rings. The van der Waals surface area contributed by atoms with Crippen molar-refractivity contribution in [1.29, 1.82) is 0 Å². The van der Waals surface area contributed by atoms with Gasteiger partial charge < -0.3 is 5.11 Å². The number of hydrogen-bond acceptors (Lipinski definition) is 4. The summed E-state index contributed by atoms with van der Waals surface area (Å²) in [6, 6.07) is 3.60. The Hall–Kier alpha value is -2.19. The van der Waals surface area contributed by atoms with Gasteiger partial charge in [-0.05, 0) is 44.9 Å². The van der Waals surface area contributed by atoms with E-state index < -0.39 is 22.0 Å². The SMILES string of the molecule is Cc1ccc(C)c(S(=O)(=O)N[C@H](C(=O)O)c2c(C)n[nH]c2C)c1. The largest absolute Gasteiger partial charge is 0.480 e. The lowest BCUT2D eigenvalue weighted by Crippen LogP contribution is -2.34. The fourth-order valence-electron chi connectivity index (χ4n) is 2.43. The van der Waals surface area contributed by atoms with Gasteiger partial charge >= 0.3 is 5.97 Å². The molecule has 0 saturated heterocycles. The van der Waals surface area contributed by atoms with Crippen molar-refractivity contribution in [2.24, 2.45) is 0 Å². The zero-order chi connectivity index (χ0) is 17.4. The number of carboxylic acids is 1. The molecule has 2 aromatic rings. The summed E-state index contributed by atoms with van der Waals surface area (Å²) in [5, 5.41) is 16.1. The Balaban J connectivity index is 2.48. The van der Waals surface area contributed by atoms with E-state index in [2.05, 4.69) is 14.9 Å². The van der Waals surface area contributed by atoms with Crippen molar-refractivity contribution in [2.45, 2.75) is 38.6 Å². The number of carbonyl (C=O) groups is 1. The molecule has 0 saturated carbocycles. The van der Waals surface area contributed by atoms with Crippen molar-refractivity contribution < 1.29 is 18.3 Å². The molecule has 0 aliphatic heterocycles. The normalized spacial score (nSPS) is 13.0. The van der Waals surface area contributed by atoms with Crippen molar-refractivity contribution in [1.82, 2.24) is 14.9 Å². The topological polar surface area (TPSA) is 112 Å². The lowest BCUT2D eigenvalue weighted by molar-refractivity contribution is -0.139. The van der Waals surface area contributed by atoms with Crippen LogP contribution in [0.1, 0.15) is 34.1 Å². The van der Waals surface area contributed by atoms with Crippen LogP contribution in [0.5, 0.6) is 0 Å². The lowest BCUT2D eigenvalue weighted by atomic mass is 10.1. The maximum Gasteiger partial charge on any atom is 0.326 e. The molecular formula is C15H19N3O4S. The molecule has 2 rings (SSSR count). The average molecular weight is 337 g/mol. The summed E-state index contributed by atoms with van der Waals surface area (Å²) in [6.45, 7) is 6.72. The Kier molecular flexibility index (Phi) is 4.58.